The number of nitrogens with zero attached hydrogens (tertiary/aromatic N) is 3. The molecule has 2 aliphatic rings. The molecule has 1 aromatic carbocycles. The van der Waals surface area contributed by atoms with Crippen LogP contribution in [0, 0.1) is 5.92 Å². The van der Waals surface area contributed by atoms with Crippen molar-refractivity contribution in [3.63, 3.8) is 0 Å². The Kier molecular flexibility index (Phi) is 7.92. The van der Waals surface area contributed by atoms with Gasteiger partial charge in [-0.25, -0.2) is 0 Å². The molecule has 3 atom stereocenters. The lowest BCUT2D eigenvalue weighted by molar-refractivity contribution is -0.129. The van der Waals surface area contributed by atoms with Crippen LogP contribution in [0.1, 0.15) is 45.6 Å². The van der Waals surface area contributed by atoms with Crippen molar-refractivity contribution in [1.29, 1.82) is 0 Å². The van der Waals surface area contributed by atoms with E-state index >= 15 is 0 Å². The second-order valence-electron chi connectivity index (χ2n) is 8.41. The van der Waals surface area contributed by atoms with E-state index in [-0.39, 0.29) is 5.91 Å². The van der Waals surface area contributed by atoms with Gasteiger partial charge in [0.15, 0.2) is 5.96 Å². The zero-order valence-electron chi connectivity index (χ0n) is 18.2. The Bertz CT molecular complexity index is 677. The van der Waals surface area contributed by atoms with E-state index in [1.165, 1.54) is 12.0 Å². The second-order valence-corrected chi connectivity index (χ2v) is 8.41. The normalized spacial score (nSPS) is 25.4. The van der Waals surface area contributed by atoms with Gasteiger partial charge < -0.3 is 15.5 Å². The highest BCUT2D eigenvalue weighted by atomic mass is 16.2. The summed E-state index contributed by atoms with van der Waals surface area (Å²) in [4.78, 5) is 21.3. The van der Waals surface area contributed by atoms with Crippen LogP contribution in [0.5, 0.6) is 0 Å². The molecule has 0 bridgehead atoms. The molecule has 3 rings (SSSR count). The summed E-state index contributed by atoms with van der Waals surface area (Å²) in [5, 5.41) is 6.92. The lowest BCUT2D eigenvalue weighted by Crippen LogP contribution is -2.45. The third kappa shape index (κ3) is 6.20. The van der Waals surface area contributed by atoms with Crippen molar-refractivity contribution in [2.75, 3.05) is 32.7 Å². The van der Waals surface area contributed by atoms with E-state index in [1.807, 2.05) is 11.8 Å². The number of nitrogens with one attached hydrogen (secondary N) is 2. The fourth-order valence-corrected chi connectivity index (χ4v) is 4.45. The van der Waals surface area contributed by atoms with Crippen LogP contribution in [0.3, 0.4) is 0 Å². The van der Waals surface area contributed by atoms with Crippen molar-refractivity contribution in [2.45, 2.75) is 58.7 Å². The first-order valence-electron chi connectivity index (χ1n) is 11.2. The number of likely N-dealkylation sites (tertiary alicyclic amines) is 2. The topological polar surface area (TPSA) is 60.0 Å². The Balaban J connectivity index is 1.50. The van der Waals surface area contributed by atoms with Crippen molar-refractivity contribution in [3.05, 3.63) is 35.9 Å². The molecule has 0 radical (unpaired) electrons. The molecule has 0 saturated carbocycles. The number of aliphatic imine (C=N–C) groups is 1. The minimum absolute atomic E-state index is 0.245. The smallest absolute Gasteiger partial charge is 0.222 e. The number of guanidine groups is 1. The highest BCUT2D eigenvalue weighted by molar-refractivity contribution is 5.80. The summed E-state index contributed by atoms with van der Waals surface area (Å²) in [5.41, 5.74) is 1.38. The number of amides is 1. The molecule has 6 heteroatoms. The first-order chi connectivity index (χ1) is 14.1. The van der Waals surface area contributed by atoms with Gasteiger partial charge in [0.2, 0.25) is 5.91 Å². The molecule has 0 aromatic heterocycles. The minimum atomic E-state index is 0.245. The lowest BCUT2D eigenvalue weighted by Gasteiger charge is -2.21. The fourth-order valence-electron chi connectivity index (χ4n) is 4.45. The molecule has 2 aliphatic heterocycles. The van der Waals surface area contributed by atoms with Gasteiger partial charge in [0, 0.05) is 57.8 Å². The molecule has 2 fully saturated rings. The summed E-state index contributed by atoms with van der Waals surface area (Å²) in [6, 6.07) is 11.6. The maximum Gasteiger partial charge on any atom is 0.222 e. The van der Waals surface area contributed by atoms with Crippen molar-refractivity contribution < 1.29 is 4.79 Å². The summed E-state index contributed by atoms with van der Waals surface area (Å²) >= 11 is 0. The number of benzene rings is 1. The standard InChI is InChI=1S/C23H37N5O/c1-4-22(29)27-12-11-21(17-27)26-23(24-5-2)25-14-20-13-18(3)28(16-20)15-19-9-7-6-8-10-19/h6-10,18,20-21H,4-5,11-17H2,1-3H3,(H2,24,25,26). The maximum atomic E-state index is 11.9. The number of carbonyl (C=O) groups excluding carboxylic acids is 1. The SMILES string of the molecule is CCNC(=NCC1CC(C)N(Cc2ccccc2)C1)NC1CCN(C(=O)CC)C1. The zero-order chi connectivity index (χ0) is 20.6. The van der Waals surface area contributed by atoms with E-state index in [4.69, 9.17) is 4.99 Å². The van der Waals surface area contributed by atoms with E-state index < -0.39 is 0 Å². The molecule has 2 N–H and O–H groups in total. The highest BCUT2D eigenvalue weighted by Crippen LogP contribution is 2.25. The average Bonchev–Trinajstić information content (AvgIpc) is 3.33. The Labute approximate surface area is 175 Å². The Morgan fingerprint density at radius 1 is 1.21 bits per heavy atom. The predicted octanol–water partition coefficient (Wildman–Crippen LogP) is 2.46. The van der Waals surface area contributed by atoms with Crippen LogP contribution in [-0.2, 0) is 11.3 Å². The molecule has 29 heavy (non-hydrogen) atoms. The number of rotatable bonds is 7. The first-order valence-corrected chi connectivity index (χ1v) is 11.2. The zero-order valence-corrected chi connectivity index (χ0v) is 18.2. The van der Waals surface area contributed by atoms with Crippen LogP contribution in [0.4, 0.5) is 0 Å². The molecule has 2 saturated heterocycles. The van der Waals surface area contributed by atoms with Crippen LogP contribution in [0.25, 0.3) is 0 Å². The van der Waals surface area contributed by atoms with Gasteiger partial charge in [-0.05, 0) is 38.2 Å². The van der Waals surface area contributed by atoms with Gasteiger partial charge in [-0.3, -0.25) is 14.7 Å². The van der Waals surface area contributed by atoms with E-state index in [2.05, 4.69) is 59.7 Å². The third-order valence-electron chi connectivity index (χ3n) is 6.06. The Hall–Kier alpha value is -2.08. The van der Waals surface area contributed by atoms with Crippen molar-refractivity contribution in [2.24, 2.45) is 10.9 Å². The van der Waals surface area contributed by atoms with Crippen LogP contribution < -0.4 is 10.6 Å². The monoisotopic (exact) mass is 399 g/mol. The highest BCUT2D eigenvalue weighted by Gasteiger charge is 2.29. The van der Waals surface area contributed by atoms with Gasteiger partial charge in [0.1, 0.15) is 0 Å². The van der Waals surface area contributed by atoms with E-state index in [0.717, 1.165) is 51.6 Å². The van der Waals surface area contributed by atoms with Gasteiger partial charge in [-0.1, -0.05) is 37.3 Å². The fraction of sp³-hybridized carbons (Fsp3) is 0.652. The number of carbonyl (C=O) groups is 1. The van der Waals surface area contributed by atoms with E-state index in [1.54, 1.807) is 0 Å². The van der Waals surface area contributed by atoms with Crippen molar-refractivity contribution in [3.8, 4) is 0 Å². The maximum absolute atomic E-state index is 11.9. The summed E-state index contributed by atoms with van der Waals surface area (Å²) in [7, 11) is 0. The van der Waals surface area contributed by atoms with Crippen molar-refractivity contribution in [1.82, 2.24) is 20.4 Å². The Morgan fingerprint density at radius 2 is 2.00 bits per heavy atom. The molecule has 1 amide bonds. The first kappa shape index (κ1) is 21.6. The largest absolute Gasteiger partial charge is 0.357 e. The summed E-state index contributed by atoms with van der Waals surface area (Å²) < 4.78 is 0. The van der Waals surface area contributed by atoms with Crippen LogP contribution in [0.15, 0.2) is 35.3 Å². The number of hydrogen-bond donors (Lipinski definition) is 2. The Morgan fingerprint density at radius 3 is 2.72 bits per heavy atom. The van der Waals surface area contributed by atoms with E-state index in [9.17, 15) is 4.79 Å². The summed E-state index contributed by atoms with van der Waals surface area (Å²) in [6.07, 6.45) is 2.76. The molecule has 1 aromatic rings. The van der Waals surface area contributed by atoms with Crippen LogP contribution >= 0.6 is 0 Å². The van der Waals surface area contributed by atoms with Gasteiger partial charge in [0.05, 0.1) is 0 Å². The summed E-state index contributed by atoms with van der Waals surface area (Å²) in [6.45, 7) is 11.8. The molecule has 0 aliphatic carbocycles. The van der Waals surface area contributed by atoms with Gasteiger partial charge in [-0.2, -0.15) is 0 Å². The lowest BCUT2D eigenvalue weighted by atomic mass is 10.1. The van der Waals surface area contributed by atoms with Crippen molar-refractivity contribution >= 4 is 11.9 Å². The number of hydrogen-bond acceptors (Lipinski definition) is 3. The summed E-state index contributed by atoms with van der Waals surface area (Å²) in [5.74, 6) is 1.72. The third-order valence-corrected chi connectivity index (χ3v) is 6.06. The van der Waals surface area contributed by atoms with Crippen LogP contribution in [-0.4, -0.2) is 66.5 Å². The van der Waals surface area contributed by atoms with Crippen LogP contribution in [0.2, 0.25) is 0 Å². The minimum Gasteiger partial charge on any atom is -0.357 e. The second kappa shape index (κ2) is 10.6. The molecular weight excluding hydrogens is 362 g/mol. The molecule has 6 nitrogen and oxygen atoms in total. The van der Waals surface area contributed by atoms with Gasteiger partial charge in [0.25, 0.3) is 0 Å². The van der Waals surface area contributed by atoms with Gasteiger partial charge in [-0.15, -0.1) is 0 Å². The molecule has 160 valence electrons. The average molecular weight is 400 g/mol. The molecule has 2 heterocycles. The molecule has 3 unspecified atom stereocenters. The van der Waals surface area contributed by atoms with E-state index in [0.29, 0.717) is 24.4 Å². The predicted molar refractivity (Wildman–Crippen MR) is 119 cm³/mol. The van der Waals surface area contributed by atoms with Gasteiger partial charge >= 0.3 is 0 Å². The molecular formula is C23H37N5O. The molecule has 0 spiro atoms. The quantitative estimate of drug-likeness (QED) is 0.546.